The van der Waals surface area contributed by atoms with E-state index in [1.54, 1.807) is 6.07 Å². The first kappa shape index (κ1) is 25.1. The third-order valence-electron chi connectivity index (χ3n) is 7.77. The second kappa shape index (κ2) is 10.1. The van der Waals surface area contributed by atoms with Gasteiger partial charge in [-0.25, -0.2) is 4.39 Å². The molecule has 0 unspecified atom stereocenters. The highest BCUT2D eigenvalue weighted by Crippen LogP contribution is 2.38. The van der Waals surface area contributed by atoms with Gasteiger partial charge >= 0.3 is 0 Å². The Balaban J connectivity index is 1.44. The van der Waals surface area contributed by atoms with E-state index in [1.165, 1.54) is 31.7 Å². The lowest BCUT2D eigenvalue weighted by Gasteiger charge is -2.39. The van der Waals surface area contributed by atoms with Crippen molar-refractivity contribution in [3.8, 4) is 0 Å². The highest BCUT2D eigenvalue weighted by molar-refractivity contribution is 6.74. The summed E-state index contributed by atoms with van der Waals surface area (Å²) >= 11 is 0. The van der Waals surface area contributed by atoms with Crippen molar-refractivity contribution in [1.82, 2.24) is 4.90 Å². The normalized spacial score (nSPS) is 23.1. The van der Waals surface area contributed by atoms with Gasteiger partial charge in [-0.05, 0) is 73.7 Å². The van der Waals surface area contributed by atoms with E-state index in [1.807, 2.05) is 0 Å². The fourth-order valence-electron chi connectivity index (χ4n) is 4.49. The molecule has 0 aromatic heterocycles. The molecule has 1 aromatic carbocycles. The number of nitro benzene ring substituents is 1. The molecule has 7 heteroatoms. The summed E-state index contributed by atoms with van der Waals surface area (Å²) in [5.41, 5.74) is 1.26. The van der Waals surface area contributed by atoms with Gasteiger partial charge < -0.3 is 4.43 Å². The number of nitro groups is 1. The van der Waals surface area contributed by atoms with Crippen LogP contribution in [0.3, 0.4) is 0 Å². The molecule has 0 radical (unpaired) electrons. The fourth-order valence-corrected chi connectivity index (χ4v) is 5.57. The van der Waals surface area contributed by atoms with Crippen LogP contribution in [0.2, 0.25) is 18.1 Å². The summed E-state index contributed by atoms with van der Waals surface area (Å²) in [6.45, 7) is 15.3. The smallest absolute Gasteiger partial charge is 0.272 e. The SMILES string of the molecule is CC(C)(C)[Si](C)(C)OCC1CCC(CN2CC=C(c3ccc([N+](=O)[O-])cc3F)CC2)CC1. The maximum atomic E-state index is 14.3. The third-order valence-corrected chi connectivity index (χ3v) is 12.3. The van der Waals surface area contributed by atoms with Crippen LogP contribution < -0.4 is 0 Å². The van der Waals surface area contributed by atoms with Gasteiger partial charge in [-0.3, -0.25) is 15.0 Å². The quantitative estimate of drug-likeness (QED) is 0.258. The van der Waals surface area contributed by atoms with E-state index in [9.17, 15) is 14.5 Å². The number of hydrogen-bond acceptors (Lipinski definition) is 4. The molecular formula is C25H39FN2O3Si. The monoisotopic (exact) mass is 462 g/mol. The summed E-state index contributed by atoms with van der Waals surface area (Å²) in [4.78, 5) is 12.7. The van der Waals surface area contributed by atoms with E-state index in [2.05, 4.69) is 44.8 Å². The second-order valence-electron chi connectivity index (χ2n) is 11.1. The number of non-ortho nitro benzene ring substituents is 1. The summed E-state index contributed by atoms with van der Waals surface area (Å²) < 4.78 is 20.8. The van der Waals surface area contributed by atoms with Crippen molar-refractivity contribution in [2.45, 2.75) is 71.0 Å². The van der Waals surface area contributed by atoms with Crippen LogP contribution in [0.4, 0.5) is 10.1 Å². The maximum absolute atomic E-state index is 14.3. The van der Waals surface area contributed by atoms with Gasteiger partial charge in [0.1, 0.15) is 5.82 Å². The summed E-state index contributed by atoms with van der Waals surface area (Å²) in [6, 6.07) is 3.96. The van der Waals surface area contributed by atoms with E-state index in [-0.39, 0.29) is 10.7 Å². The van der Waals surface area contributed by atoms with Gasteiger partial charge in [0.05, 0.1) is 11.0 Å². The van der Waals surface area contributed by atoms with Gasteiger partial charge in [0.15, 0.2) is 8.32 Å². The number of nitrogens with zero attached hydrogens (tertiary/aromatic N) is 2. The molecule has 0 amide bonds. The van der Waals surface area contributed by atoms with E-state index in [0.29, 0.717) is 11.5 Å². The minimum absolute atomic E-state index is 0.199. The van der Waals surface area contributed by atoms with Crippen LogP contribution >= 0.6 is 0 Å². The van der Waals surface area contributed by atoms with Crippen molar-refractivity contribution in [3.05, 3.63) is 45.8 Å². The van der Waals surface area contributed by atoms with Crippen molar-refractivity contribution in [1.29, 1.82) is 0 Å². The van der Waals surface area contributed by atoms with Crippen LogP contribution in [0, 0.1) is 27.8 Å². The summed E-state index contributed by atoms with van der Waals surface area (Å²) in [5, 5.41) is 11.1. The topological polar surface area (TPSA) is 55.6 Å². The molecule has 0 N–H and O–H groups in total. The minimum atomic E-state index is -1.66. The Labute approximate surface area is 193 Å². The Morgan fingerprint density at radius 1 is 1.19 bits per heavy atom. The van der Waals surface area contributed by atoms with Gasteiger partial charge in [-0.2, -0.15) is 0 Å². The average Bonchev–Trinajstić information content (AvgIpc) is 2.73. The van der Waals surface area contributed by atoms with Gasteiger partial charge in [0.2, 0.25) is 0 Å². The number of hydrogen-bond donors (Lipinski definition) is 0. The maximum Gasteiger partial charge on any atom is 0.272 e. The van der Waals surface area contributed by atoms with Crippen molar-refractivity contribution >= 4 is 19.6 Å². The first-order chi connectivity index (χ1) is 15.0. The number of benzene rings is 1. The van der Waals surface area contributed by atoms with Gasteiger partial charge in [-0.15, -0.1) is 0 Å². The molecule has 0 saturated heterocycles. The zero-order valence-corrected chi connectivity index (χ0v) is 21.3. The molecule has 178 valence electrons. The molecule has 0 bridgehead atoms. The Morgan fingerprint density at radius 3 is 2.38 bits per heavy atom. The molecule has 1 heterocycles. The fraction of sp³-hybridized carbons (Fsp3) is 0.680. The van der Waals surface area contributed by atoms with Crippen LogP contribution in [0.15, 0.2) is 24.3 Å². The molecular weight excluding hydrogens is 423 g/mol. The Bertz CT molecular complexity index is 842. The zero-order valence-electron chi connectivity index (χ0n) is 20.3. The summed E-state index contributed by atoms with van der Waals surface area (Å²) in [5.74, 6) is 0.917. The highest BCUT2D eigenvalue weighted by Gasteiger charge is 2.38. The lowest BCUT2D eigenvalue weighted by molar-refractivity contribution is -0.385. The van der Waals surface area contributed by atoms with Crippen molar-refractivity contribution in [3.63, 3.8) is 0 Å². The van der Waals surface area contributed by atoms with Crippen molar-refractivity contribution < 1.29 is 13.7 Å². The minimum Gasteiger partial charge on any atom is -0.417 e. The zero-order chi connectivity index (χ0) is 23.5. The first-order valence-corrected chi connectivity index (χ1v) is 14.9. The molecule has 0 atom stereocenters. The first-order valence-electron chi connectivity index (χ1n) is 12.0. The number of halogens is 1. The summed E-state index contributed by atoms with van der Waals surface area (Å²) in [7, 11) is -1.66. The van der Waals surface area contributed by atoms with E-state index >= 15 is 0 Å². The van der Waals surface area contributed by atoms with Gasteiger partial charge in [-0.1, -0.05) is 26.8 Å². The van der Waals surface area contributed by atoms with Crippen molar-refractivity contribution in [2.24, 2.45) is 11.8 Å². The van der Waals surface area contributed by atoms with Crippen LogP contribution in [-0.4, -0.2) is 44.4 Å². The van der Waals surface area contributed by atoms with E-state index in [0.717, 1.165) is 50.2 Å². The molecule has 5 nitrogen and oxygen atoms in total. The third kappa shape index (κ3) is 6.26. The Morgan fingerprint density at radius 2 is 1.84 bits per heavy atom. The molecule has 0 spiro atoms. The lowest BCUT2D eigenvalue weighted by Crippen LogP contribution is -2.42. The Kier molecular flexibility index (Phi) is 7.94. The van der Waals surface area contributed by atoms with Crippen LogP contribution in [0.5, 0.6) is 0 Å². The standard InChI is InChI=1S/C25H39FN2O3Si/c1-25(2,3)32(4,5)31-18-20-8-6-19(7-9-20)17-27-14-12-21(13-15-27)23-11-10-22(28(29)30)16-24(23)26/h10-12,16,19-20H,6-9,13-15,17-18H2,1-5H3. The highest BCUT2D eigenvalue weighted by atomic mass is 28.4. The predicted molar refractivity (Wildman–Crippen MR) is 131 cm³/mol. The summed E-state index contributed by atoms with van der Waals surface area (Å²) in [6.07, 6.45) is 7.90. The molecule has 1 fully saturated rings. The van der Waals surface area contributed by atoms with Crippen LogP contribution in [0.25, 0.3) is 5.57 Å². The molecule has 1 aromatic rings. The van der Waals surface area contributed by atoms with E-state index in [4.69, 9.17) is 4.43 Å². The predicted octanol–water partition coefficient (Wildman–Crippen LogP) is 6.65. The van der Waals surface area contributed by atoms with Gasteiger partial charge in [0.25, 0.3) is 5.69 Å². The molecule has 1 aliphatic carbocycles. The average molecular weight is 463 g/mol. The second-order valence-corrected chi connectivity index (χ2v) is 15.9. The molecule has 3 rings (SSSR count). The van der Waals surface area contributed by atoms with E-state index < -0.39 is 19.1 Å². The Hall–Kier alpha value is -1.57. The van der Waals surface area contributed by atoms with Crippen molar-refractivity contribution in [2.75, 3.05) is 26.2 Å². The van der Waals surface area contributed by atoms with Crippen LogP contribution in [-0.2, 0) is 4.43 Å². The molecule has 1 aliphatic heterocycles. The lowest BCUT2D eigenvalue weighted by atomic mass is 9.82. The molecule has 32 heavy (non-hydrogen) atoms. The van der Waals surface area contributed by atoms with Crippen LogP contribution in [0.1, 0.15) is 58.4 Å². The largest absolute Gasteiger partial charge is 0.417 e. The van der Waals surface area contributed by atoms with Gasteiger partial charge in [0, 0.05) is 37.9 Å². The number of rotatable bonds is 7. The molecule has 1 saturated carbocycles. The molecule has 2 aliphatic rings.